The summed E-state index contributed by atoms with van der Waals surface area (Å²) in [4.78, 5) is 12.6. The van der Waals surface area contributed by atoms with Crippen molar-refractivity contribution >= 4 is 33.2 Å². The number of carbonyl (C=O) groups excluding carboxylic acids is 1. The SMILES string of the molecule is COC(=O)c1coc(CNCCc2ccc(Br)s2)c1. The van der Waals surface area contributed by atoms with Crippen molar-refractivity contribution in [2.24, 2.45) is 0 Å². The van der Waals surface area contributed by atoms with Gasteiger partial charge in [0.05, 0.1) is 23.0 Å². The highest BCUT2D eigenvalue weighted by molar-refractivity contribution is 9.11. The number of nitrogens with one attached hydrogen (secondary N) is 1. The molecule has 6 heteroatoms. The Labute approximate surface area is 123 Å². The molecule has 0 aliphatic carbocycles. The molecule has 2 aromatic heterocycles. The Morgan fingerprint density at radius 2 is 2.37 bits per heavy atom. The fourth-order valence-electron chi connectivity index (χ4n) is 1.61. The van der Waals surface area contributed by atoms with E-state index in [4.69, 9.17) is 4.42 Å². The third-order valence-corrected chi connectivity index (χ3v) is 4.23. The van der Waals surface area contributed by atoms with Gasteiger partial charge in [0.1, 0.15) is 12.0 Å². The quantitative estimate of drug-likeness (QED) is 0.646. The normalized spacial score (nSPS) is 10.6. The lowest BCUT2D eigenvalue weighted by atomic mass is 10.3. The van der Waals surface area contributed by atoms with E-state index in [1.165, 1.54) is 18.3 Å². The summed E-state index contributed by atoms with van der Waals surface area (Å²) in [5.74, 6) is 0.353. The molecule has 0 radical (unpaired) electrons. The van der Waals surface area contributed by atoms with Crippen molar-refractivity contribution < 1.29 is 13.9 Å². The summed E-state index contributed by atoms with van der Waals surface area (Å²) in [7, 11) is 1.35. The number of carbonyl (C=O) groups is 1. The maximum absolute atomic E-state index is 11.2. The Morgan fingerprint density at radius 1 is 1.53 bits per heavy atom. The number of esters is 1. The molecular weight excluding hydrogens is 330 g/mol. The van der Waals surface area contributed by atoms with E-state index in [1.54, 1.807) is 17.4 Å². The van der Waals surface area contributed by atoms with Crippen molar-refractivity contribution in [2.45, 2.75) is 13.0 Å². The van der Waals surface area contributed by atoms with Crippen LogP contribution in [0.2, 0.25) is 0 Å². The molecule has 0 aromatic carbocycles. The van der Waals surface area contributed by atoms with Crippen LogP contribution >= 0.6 is 27.3 Å². The Balaban J connectivity index is 1.73. The van der Waals surface area contributed by atoms with E-state index in [2.05, 4.69) is 38.1 Å². The molecule has 2 rings (SSSR count). The van der Waals surface area contributed by atoms with Gasteiger partial charge in [0.2, 0.25) is 0 Å². The Bertz CT molecular complexity index is 550. The maximum atomic E-state index is 11.2. The fraction of sp³-hybridized carbons (Fsp3) is 0.308. The number of methoxy groups -OCH3 is 1. The molecule has 4 nitrogen and oxygen atoms in total. The average Bonchev–Trinajstić information content (AvgIpc) is 3.03. The Morgan fingerprint density at radius 3 is 3.05 bits per heavy atom. The first-order chi connectivity index (χ1) is 9.19. The Hall–Kier alpha value is -1.11. The minimum atomic E-state index is -0.376. The summed E-state index contributed by atoms with van der Waals surface area (Å²) in [5.41, 5.74) is 0.446. The molecule has 0 spiro atoms. The Kier molecular flexibility index (Phi) is 5.18. The molecule has 2 heterocycles. The van der Waals surface area contributed by atoms with Crippen LogP contribution in [-0.2, 0) is 17.7 Å². The number of furan rings is 1. The summed E-state index contributed by atoms with van der Waals surface area (Å²) < 4.78 is 11.0. The first kappa shape index (κ1) is 14.3. The molecule has 1 N–H and O–H groups in total. The van der Waals surface area contributed by atoms with Crippen LogP contribution < -0.4 is 5.32 Å². The highest BCUT2D eigenvalue weighted by Gasteiger charge is 2.09. The zero-order valence-corrected chi connectivity index (χ0v) is 12.8. The van der Waals surface area contributed by atoms with Gasteiger partial charge in [-0.2, -0.15) is 0 Å². The second kappa shape index (κ2) is 6.88. The van der Waals surface area contributed by atoms with Crippen LogP contribution in [0.4, 0.5) is 0 Å². The van der Waals surface area contributed by atoms with E-state index < -0.39 is 0 Å². The summed E-state index contributed by atoms with van der Waals surface area (Å²) in [6.07, 6.45) is 2.39. The summed E-state index contributed by atoms with van der Waals surface area (Å²) >= 11 is 5.18. The number of halogens is 1. The summed E-state index contributed by atoms with van der Waals surface area (Å²) in [6.45, 7) is 1.46. The van der Waals surface area contributed by atoms with Crippen LogP contribution in [0.1, 0.15) is 21.0 Å². The molecule has 0 aliphatic heterocycles. The molecular formula is C13H14BrNO3S. The van der Waals surface area contributed by atoms with Crippen molar-refractivity contribution in [3.8, 4) is 0 Å². The van der Waals surface area contributed by atoms with Gasteiger partial charge in [-0.15, -0.1) is 11.3 Å². The number of ether oxygens (including phenoxy) is 1. The lowest BCUT2D eigenvalue weighted by Crippen LogP contribution is -2.15. The van der Waals surface area contributed by atoms with Gasteiger partial charge in [-0.25, -0.2) is 4.79 Å². The van der Waals surface area contributed by atoms with E-state index in [9.17, 15) is 4.79 Å². The van der Waals surface area contributed by atoms with E-state index >= 15 is 0 Å². The number of thiophene rings is 1. The van der Waals surface area contributed by atoms with Gasteiger partial charge in [0, 0.05) is 11.4 Å². The van der Waals surface area contributed by atoms with Gasteiger partial charge in [0.25, 0.3) is 0 Å². The first-order valence-corrected chi connectivity index (χ1v) is 7.40. The molecule has 0 saturated heterocycles. The number of rotatable bonds is 6. The van der Waals surface area contributed by atoms with Gasteiger partial charge in [0.15, 0.2) is 0 Å². The highest BCUT2D eigenvalue weighted by Crippen LogP contribution is 2.22. The molecule has 19 heavy (non-hydrogen) atoms. The molecule has 0 aliphatic rings. The van der Waals surface area contributed by atoms with Crippen molar-refractivity contribution in [3.05, 3.63) is 44.4 Å². The van der Waals surface area contributed by atoms with E-state index in [-0.39, 0.29) is 5.97 Å². The minimum absolute atomic E-state index is 0.376. The van der Waals surface area contributed by atoms with Crippen LogP contribution in [-0.4, -0.2) is 19.6 Å². The molecule has 0 unspecified atom stereocenters. The van der Waals surface area contributed by atoms with Crippen LogP contribution in [0.5, 0.6) is 0 Å². The van der Waals surface area contributed by atoms with E-state index in [1.807, 2.05) is 0 Å². The lowest BCUT2D eigenvalue weighted by molar-refractivity contribution is 0.0600. The van der Waals surface area contributed by atoms with Crippen molar-refractivity contribution in [3.63, 3.8) is 0 Å². The van der Waals surface area contributed by atoms with Crippen LogP contribution in [0.25, 0.3) is 0 Å². The van der Waals surface area contributed by atoms with Crippen LogP contribution in [0.15, 0.2) is 32.7 Å². The minimum Gasteiger partial charge on any atom is -0.467 e. The topological polar surface area (TPSA) is 51.5 Å². The van der Waals surface area contributed by atoms with Gasteiger partial charge in [-0.3, -0.25) is 0 Å². The molecule has 0 atom stereocenters. The van der Waals surface area contributed by atoms with Crippen molar-refractivity contribution in [2.75, 3.05) is 13.7 Å². The number of hydrogen-bond acceptors (Lipinski definition) is 5. The molecule has 2 aromatic rings. The number of hydrogen-bond donors (Lipinski definition) is 1. The zero-order chi connectivity index (χ0) is 13.7. The summed E-state index contributed by atoms with van der Waals surface area (Å²) in [5, 5.41) is 3.28. The second-order valence-corrected chi connectivity index (χ2v) is 6.47. The average molecular weight is 344 g/mol. The standard InChI is InChI=1S/C13H14BrNO3S/c1-17-13(16)9-6-10(18-8-9)7-15-5-4-11-2-3-12(14)19-11/h2-3,6,8,15H,4-5,7H2,1H3. The lowest BCUT2D eigenvalue weighted by Gasteiger charge is -2.00. The van der Waals surface area contributed by atoms with Crippen molar-refractivity contribution in [1.29, 1.82) is 0 Å². The van der Waals surface area contributed by atoms with Gasteiger partial charge in [-0.05, 0) is 40.5 Å². The monoisotopic (exact) mass is 343 g/mol. The fourth-order valence-corrected chi connectivity index (χ4v) is 3.09. The van der Waals surface area contributed by atoms with E-state index in [0.717, 1.165) is 22.5 Å². The highest BCUT2D eigenvalue weighted by atomic mass is 79.9. The van der Waals surface area contributed by atoms with Crippen LogP contribution in [0, 0.1) is 0 Å². The largest absolute Gasteiger partial charge is 0.467 e. The smallest absolute Gasteiger partial charge is 0.341 e. The predicted octanol–water partition coefficient (Wildman–Crippen LogP) is 3.22. The molecule has 0 fully saturated rings. The van der Waals surface area contributed by atoms with Gasteiger partial charge < -0.3 is 14.5 Å². The predicted molar refractivity (Wildman–Crippen MR) is 77.5 cm³/mol. The van der Waals surface area contributed by atoms with Crippen LogP contribution in [0.3, 0.4) is 0 Å². The second-order valence-electron chi connectivity index (χ2n) is 3.93. The van der Waals surface area contributed by atoms with Gasteiger partial charge >= 0.3 is 5.97 Å². The first-order valence-electron chi connectivity index (χ1n) is 5.79. The zero-order valence-electron chi connectivity index (χ0n) is 10.4. The molecule has 0 saturated carbocycles. The van der Waals surface area contributed by atoms with Gasteiger partial charge in [-0.1, -0.05) is 0 Å². The third-order valence-electron chi connectivity index (χ3n) is 2.55. The molecule has 102 valence electrons. The summed E-state index contributed by atoms with van der Waals surface area (Å²) in [6, 6.07) is 5.86. The maximum Gasteiger partial charge on any atom is 0.341 e. The van der Waals surface area contributed by atoms with E-state index in [0.29, 0.717) is 12.1 Å². The van der Waals surface area contributed by atoms with Crippen molar-refractivity contribution in [1.82, 2.24) is 5.32 Å². The molecule has 0 amide bonds. The third kappa shape index (κ3) is 4.19. The molecule has 0 bridgehead atoms.